The third kappa shape index (κ3) is 2.59. The number of aromatic nitrogens is 2. The minimum absolute atomic E-state index is 0.146. The summed E-state index contributed by atoms with van der Waals surface area (Å²) >= 11 is 0. The fourth-order valence-corrected chi connectivity index (χ4v) is 1.61. The molecule has 0 bridgehead atoms. The molecule has 2 aromatic rings. The summed E-state index contributed by atoms with van der Waals surface area (Å²) in [5.41, 5.74) is 0.756. The molecule has 0 atom stereocenters. The van der Waals surface area contributed by atoms with Crippen molar-refractivity contribution in [3.05, 3.63) is 46.6 Å². The molecule has 0 radical (unpaired) electrons. The number of para-hydroxylation sites is 1. The molecule has 0 aliphatic carbocycles. The zero-order chi connectivity index (χ0) is 13.8. The Bertz CT molecular complexity index is 588. The maximum Gasteiger partial charge on any atom is 0.329 e. The molecule has 98 valence electrons. The normalized spacial score (nSPS) is 10.0. The summed E-state index contributed by atoms with van der Waals surface area (Å²) in [4.78, 5) is 20.2. The standard InChI is InChI=1S/C12H13N5O2/c1-13-11-10(17(18)19)8-14-12(15-11)16(2)9-6-4-3-5-7-9/h3-8H,1-2H3,(H,13,14,15). The summed E-state index contributed by atoms with van der Waals surface area (Å²) in [7, 11) is 3.39. The van der Waals surface area contributed by atoms with Crippen molar-refractivity contribution in [3.8, 4) is 0 Å². The lowest BCUT2D eigenvalue weighted by molar-refractivity contribution is -0.384. The van der Waals surface area contributed by atoms with E-state index < -0.39 is 4.92 Å². The van der Waals surface area contributed by atoms with Crippen LogP contribution in [0.15, 0.2) is 36.5 Å². The number of rotatable bonds is 4. The number of nitrogens with one attached hydrogen (secondary N) is 1. The Morgan fingerprint density at radius 3 is 2.58 bits per heavy atom. The van der Waals surface area contributed by atoms with E-state index in [0.717, 1.165) is 5.69 Å². The molecule has 7 heteroatoms. The van der Waals surface area contributed by atoms with Gasteiger partial charge in [0.1, 0.15) is 6.20 Å². The molecule has 0 aliphatic rings. The van der Waals surface area contributed by atoms with E-state index in [1.165, 1.54) is 6.20 Å². The molecule has 1 aromatic carbocycles. The maximum absolute atomic E-state index is 10.8. The summed E-state index contributed by atoms with van der Waals surface area (Å²) < 4.78 is 0. The molecule has 0 fully saturated rings. The Kier molecular flexibility index (Phi) is 3.56. The number of hydrogen-bond donors (Lipinski definition) is 1. The van der Waals surface area contributed by atoms with Crippen LogP contribution < -0.4 is 10.2 Å². The van der Waals surface area contributed by atoms with E-state index in [-0.39, 0.29) is 11.5 Å². The third-order valence-electron chi connectivity index (χ3n) is 2.63. The van der Waals surface area contributed by atoms with Crippen molar-refractivity contribution in [1.82, 2.24) is 9.97 Å². The lowest BCUT2D eigenvalue weighted by Crippen LogP contribution is -2.14. The Balaban J connectivity index is 2.39. The molecule has 0 saturated carbocycles. The quantitative estimate of drug-likeness (QED) is 0.669. The van der Waals surface area contributed by atoms with Crippen LogP contribution in [0, 0.1) is 10.1 Å². The fourth-order valence-electron chi connectivity index (χ4n) is 1.61. The highest BCUT2D eigenvalue weighted by Crippen LogP contribution is 2.25. The van der Waals surface area contributed by atoms with Crippen molar-refractivity contribution in [2.24, 2.45) is 0 Å². The zero-order valence-corrected chi connectivity index (χ0v) is 10.6. The summed E-state index contributed by atoms with van der Waals surface area (Å²) in [6.45, 7) is 0. The van der Waals surface area contributed by atoms with Crippen molar-refractivity contribution < 1.29 is 4.92 Å². The van der Waals surface area contributed by atoms with Crippen LogP contribution in [0.5, 0.6) is 0 Å². The van der Waals surface area contributed by atoms with Crippen LogP contribution in [0.25, 0.3) is 0 Å². The van der Waals surface area contributed by atoms with E-state index in [4.69, 9.17) is 0 Å². The molecular formula is C12H13N5O2. The summed E-state index contributed by atoms with van der Waals surface area (Å²) in [5.74, 6) is 0.582. The highest BCUT2D eigenvalue weighted by atomic mass is 16.6. The predicted molar refractivity (Wildman–Crippen MR) is 72.7 cm³/mol. The van der Waals surface area contributed by atoms with Gasteiger partial charge in [0, 0.05) is 19.8 Å². The lowest BCUT2D eigenvalue weighted by Gasteiger charge is -2.17. The molecule has 0 aliphatic heterocycles. The van der Waals surface area contributed by atoms with Gasteiger partial charge in [-0.3, -0.25) is 10.1 Å². The predicted octanol–water partition coefficient (Wildman–Crippen LogP) is 2.19. The van der Waals surface area contributed by atoms with Crippen LogP contribution in [0.1, 0.15) is 0 Å². The minimum atomic E-state index is -0.516. The van der Waals surface area contributed by atoms with Gasteiger partial charge < -0.3 is 10.2 Å². The molecule has 0 saturated heterocycles. The topological polar surface area (TPSA) is 84.2 Å². The lowest BCUT2D eigenvalue weighted by atomic mass is 10.3. The van der Waals surface area contributed by atoms with Gasteiger partial charge in [-0.15, -0.1) is 0 Å². The monoisotopic (exact) mass is 259 g/mol. The molecule has 2 rings (SSSR count). The highest BCUT2D eigenvalue weighted by molar-refractivity contribution is 5.61. The smallest absolute Gasteiger partial charge is 0.329 e. The molecule has 7 nitrogen and oxygen atoms in total. The van der Waals surface area contributed by atoms with E-state index in [2.05, 4.69) is 15.3 Å². The molecule has 1 N–H and O–H groups in total. The SMILES string of the molecule is CNc1nc(N(C)c2ccccc2)ncc1[N+](=O)[O-]. The second-order valence-electron chi connectivity index (χ2n) is 3.81. The van der Waals surface area contributed by atoms with Gasteiger partial charge in [-0.25, -0.2) is 4.98 Å². The first kappa shape index (κ1) is 12.7. The highest BCUT2D eigenvalue weighted by Gasteiger charge is 2.17. The molecule has 19 heavy (non-hydrogen) atoms. The minimum Gasteiger partial charge on any atom is -0.367 e. The van der Waals surface area contributed by atoms with E-state index in [1.807, 2.05) is 30.3 Å². The van der Waals surface area contributed by atoms with Gasteiger partial charge in [-0.05, 0) is 12.1 Å². The number of benzene rings is 1. The number of anilines is 3. The molecule has 1 aromatic heterocycles. The van der Waals surface area contributed by atoms with E-state index >= 15 is 0 Å². The van der Waals surface area contributed by atoms with Crippen molar-refractivity contribution >= 4 is 23.1 Å². The Hall–Kier alpha value is -2.70. The molecule has 0 unspecified atom stereocenters. The largest absolute Gasteiger partial charge is 0.367 e. The van der Waals surface area contributed by atoms with E-state index in [1.54, 1.807) is 19.0 Å². The van der Waals surface area contributed by atoms with E-state index in [9.17, 15) is 10.1 Å². The molecule has 0 spiro atoms. The summed E-state index contributed by atoms with van der Waals surface area (Å²) in [6, 6.07) is 9.52. The van der Waals surface area contributed by atoms with Crippen molar-refractivity contribution in [2.45, 2.75) is 0 Å². The fraction of sp³-hybridized carbons (Fsp3) is 0.167. The second-order valence-corrected chi connectivity index (χ2v) is 3.81. The molecule has 0 amide bonds. The van der Waals surface area contributed by atoms with Gasteiger partial charge in [0.05, 0.1) is 4.92 Å². The van der Waals surface area contributed by atoms with Gasteiger partial charge in [-0.2, -0.15) is 4.98 Å². The first-order valence-electron chi connectivity index (χ1n) is 5.61. The second kappa shape index (κ2) is 5.30. The van der Waals surface area contributed by atoms with Gasteiger partial charge >= 0.3 is 5.69 Å². The average molecular weight is 259 g/mol. The zero-order valence-electron chi connectivity index (χ0n) is 10.6. The Morgan fingerprint density at radius 1 is 1.32 bits per heavy atom. The number of nitrogens with zero attached hydrogens (tertiary/aromatic N) is 4. The third-order valence-corrected chi connectivity index (χ3v) is 2.63. The summed E-state index contributed by atoms with van der Waals surface area (Å²) in [6.07, 6.45) is 1.20. The van der Waals surface area contributed by atoms with Gasteiger partial charge in [-0.1, -0.05) is 18.2 Å². The molecule has 1 heterocycles. The first-order valence-corrected chi connectivity index (χ1v) is 5.61. The number of nitro groups is 1. The summed E-state index contributed by atoms with van der Waals surface area (Å²) in [5, 5.41) is 13.5. The van der Waals surface area contributed by atoms with Gasteiger partial charge in [0.25, 0.3) is 0 Å². The van der Waals surface area contributed by atoms with Crippen LogP contribution in [0.4, 0.5) is 23.1 Å². The van der Waals surface area contributed by atoms with E-state index in [0.29, 0.717) is 5.95 Å². The van der Waals surface area contributed by atoms with Crippen LogP contribution in [0.2, 0.25) is 0 Å². The first-order chi connectivity index (χ1) is 9.13. The van der Waals surface area contributed by atoms with Crippen molar-refractivity contribution in [2.75, 3.05) is 24.3 Å². The Labute approximate surface area is 110 Å². The van der Waals surface area contributed by atoms with Gasteiger partial charge in [0.2, 0.25) is 11.8 Å². The maximum atomic E-state index is 10.8. The van der Waals surface area contributed by atoms with Gasteiger partial charge in [0.15, 0.2) is 0 Å². The molecular weight excluding hydrogens is 246 g/mol. The van der Waals surface area contributed by atoms with Crippen molar-refractivity contribution in [3.63, 3.8) is 0 Å². The van der Waals surface area contributed by atoms with Crippen molar-refractivity contribution in [1.29, 1.82) is 0 Å². The van der Waals surface area contributed by atoms with Crippen LogP contribution >= 0.6 is 0 Å². The Morgan fingerprint density at radius 2 is 2.00 bits per heavy atom. The average Bonchev–Trinajstić information content (AvgIpc) is 2.46. The number of hydrogen-bond acceptors (Lipinski definition) is 6. The van der Waals surface area contributed by atoms with Crippen LogP contribution in [-0.4, -0.2) is 29.0 Å². The van der Waals surface area contributed by atoms with Crippen LogP contribution in [-0.2, 0) is 0 Å². The van der Waals surface area contributed by atoms with Crippen LogP contribution in [0.3, 0.4) is 0 Å².